The Morgan fingerprint density at radius 1 is 1.00 bits per heavy atom. The van der Waals surface area contributed by atoms with Crippen LogP contribution in [-0.2, 0) is 28.8 Å². The van der Waals surface area contributed by atoms with Crippen LogP contribution in [0.25, 0.3) is 0 Å². The molecule has 0 aromatic carbocycles. The molecule has 9 heteroatoms. The SMILES string of the molecule is COC1/C=C\C=C(/C)C(=O)NC2=CC(=O)C(CCCCCCCN)=C(C2=O)C(C)C(C)CC(C)C(C)C(C)/C=C(\C)C1NOC=O. The van der Waals surface area contributed by atoms with Gasteiger partial charge in [0.15, 0.2) is 5.78 Å². The number of allylic oxidation sites excluding steroid dienone is 6. The largest absolute Gasteiger partial charge is 0.375 e. The minimum atomic E-state index is -0.516. The summed E-state index contributed by atoms with van der Waals surface area (Å²) in [6.45, 7) is 15.4. The Balaban J connectivity index is 2.55. The second-order valence-corrected chi connectivity index (χ2v) is 13.3. The van der Waals surface area contributed by atoms with Gasteiger partial charge >= 0.3 is 6.47 Å². The summed E-state index contributed by atoms with van der Waals surface area (Å²) < 4.78 is 5.72. The van der Waals surface area contributed by atoms with Crippen LogP contribution >= 0.6 is 0 Å². The maximum Gasteiger partial charge on any atom is 0.312 e. The number of ketones is 2. The summed E-state index contributed by atoms with van der Waals surface area (Å²) in [5.74, 6) is -0.234. The van der Waals surface area contributed by atoms with E-state index in [1.54, 1.807) is 32.3 Å². The van der Waals surface area contributed by atoms with E-state index in [1.807, 2.05) is 13.8 Å². The van der Waals surface area contributed by atoms with Crippen LogP contribution in [0.2, 0.25) is 0 Å². The molecule has 1 aliphatic carbocycles. The molecule has 7 atom stereocenters. The van der Waals surface area contributed by atoms with E-state index < -0.39 is 18.1 Å². The summed E-state index contributed by atoms with van der Waals surface area (Å²) in [6.07, 6.45) is 14.3. The predicted molar refractivity (Wildman–Crippen MR) is 182 cm³/mol. The normalized spacial score (nSPS) is 31.7. The Kier molecular flexibility index (Phi) is 16.6. The Bertz CT molecular complexity index is 1230. The fourth-order valence-corrected chi connectivity index (χ4v) is 6.44. The molecule has 9 nitrogen and oxygen atoms in total. The molecular formula is C37H57N3O6. The third-order valence-corrected chi connectivity index (χ3v) is 9.91. The number of rotatable bonds is 11. The average molecular weight is 640 g/mol. The highest BCUT2D eigenvalue weighted by atomic mass is 16.7. The van der Waals surface area contributed by atoms with Crippen LogP contribution in [0, 0.1) is 29.6 Å². The third kappa shape index (κ3) is 11.0. The van der Waals surface area contributed by atoms with Crippen molar-refractivity contribution in [3.8, 4) is 0 Å². The molecule has 0 spiro atoms. The molecule has 7 unspecified atom stereocenters. The van der Waals surface area contributed by atoms with Crippen molar-refractivity contribution < 1.29 is 28.8 Å². The number of methoxy groups -OCH3 is 1. The molecule has 46 heavy (non-hydrogen) atoms. The van der Waals surface area contributed by atoms with Crippen LogP contribution < -0.4 is 16.5 Å². The maximum atomic E-state index is 14.0. The van der Waals surface area contributed by atoms with Gasteiger partial charge in [0.2, 0.25) is 5.78 Å². The molecule has 1 heterocycles. The molecule has 2 aliphatic rings. The predicted octanol–water partition coefficient (Wildman–Crippen LogP) is 5.83. The third-order valence-electron chi connectivity index (χ3n) is 9.91. The molecule has 0 aromatic heterocycles. The number of hydroxylamine groups is 1. The van der Waals surface area contributed by atoms with Crippen LogP contribution in [-0.4, -0.2) is 49.7 Å². The fraction of sp³-hybridized carbons (Fsp3) is 0.622. The quantitative estimate of drug-likeness (QED) is 0.0845. The van der Waals surface area contributed by atoms with E-state index in [9.17, 15) is 19.2 Å². The molecular weight excluding hydrogens is 582 g/mol. The minimum Gasteiger partial charge on any atom is -0.375 e. The van der Waals surface area contributed by atoms with Gasteiger partial charge in [0.1, 0.15) is 0 Å². The Hall–Kier alpha value is -3.14. The van der Waals surface area contributed by atoms with Gasteiger partial charge in [0.05, 0.1) is 17.8 Å². The standard InChI is InChI=1S/C37H57N3O6/c1-23-15-14-17-33(45-8)35(40-46-22-41)27(5)20-25(3)28(6)24(2)19-26(4)29(7)34-30(16-12-10-9-11-13-18-38)32(42)21-31(36(34)43)39-37(23)44/h14-15,17,20-22,24-26,28-29,33,35,40H,9-13,16,18-19,38H2,1-8H3,(H,39,44)/b17-14-,23-15+,27-20+. The summed E-state index contributed by atoms with van der Waals surface area (Å²) in [4.78, 5) is 56.8. The van der Waals surface area contributed by atoms with Crippen LogP contribution in [0.3, 0.4) is 0 Å². The summed E-state index contributed by atoms with van der Waals surface area (Å²) in [5, 5.41) is 2.72. The first kappa shape index (κ1) is 39.0. The second kappa shape index (κ2) is 19.5. The molecule has 0 saturated heterocycles. The van der Waals surface area contributed by atoms with Gasteiger partial charge in [0, 0.05) is 29.9 Å². The number of nitrogens with one attached hydrogen (secondary N) is 2. The number of fused-ring (bicyclic) bond motifs is 2. The highest BCUT2D eigenvalue weighted by Gasteiger charge is 2.35. The molecule has 256 valence electrons. The second-order valence-electron chi connectivity index (χ2n) is 13.3. The number of carbonyl (C=O) groups excluding carboxylic acids is 4. The van der Waals surface area contributed by atoms with E-state index in [0.29, 0.717) is 48.0 Å². The van der Waals surface area contributed by atoms with Gasteiger partial charge in [-0.2, -0.15) is 0 Å². The zero-order valence-corrected chi connectivity index (χ0v) is 29.2. The van der Waals surface area contributed by atoms with Gasteiger partial charge in [-0.25, -0.2) is 0 Å². The first-order valence-corrected chi connectivity index (χ1v) is 16.8. The lowest BCUT2D eigenvalue weighted by molar-refractivity contribution is -0.138. The summed E-state index contributed by atoms with van der Waals surface area (Å²) in [5.41, 5.74) is 10.9. The van der Waals surface area contributed by atoms with Crippen LogP contribution in [0.4, 0.5) is 0 Å². The number of nitrogens with two attached hydrogens (primary N) is 1. The van der Waals surface area contributed by atoms with Crippen molar-refractivity contribution in [2.24, 2.45) is 35.3 Å². The van der Waals surface area contributed by atoms with Gasteiger partial charge < -0.3 is 20.6 Å². The lowest BCUT2D eigenvalue weighted by atomic mass is 9.73. The van der Waals surface area contributed by atoms with Crippen molar-refractivity contribution in [3.05, 3.63) is 58.4 Å². The summed E-state index contributed by atoms with van der Waals surface area (Å²) in [6, 6.07) is -0.459. The van der Waals surface area contributed by atoms with Crippen molar-refractivity contribution in [2.45, 2.75) is 106 Å². The minimum absolute atomic E-state index is 0.0188. The van der Waals surface area contributed by atoms with E-state index in [4.69, 9.17) is 15.3 Å². The number of Topliss-reactive ketones (excluding diaryl/α,β-unsaturated/α-hetero) is 1. The molecule has 0 aromatic rings. The lowest BCUT2D eigenvalue weighted by Gasteiger charge is -2.32. The highest BCUT2D eigenvalue weighted by molar-refractivity contribution is 6.24. The zero-order valence-electron chi connectivity index (χ0n) is 29.2. The van der Waals surface area contributed by atoms with E-state index in [0.717, 1.165) is 44.1 Å². The van der Waals surface area contributed by atoms with Gasteiger partial charge in [-0.05, 0) is 75.7 Å². The van der Waals surface area contributed by atoms with Crippen LogP contribution in [0.15, 0.2) is 58.4 Å². The Labute approximate surface area is 276 Å². The molecule has 4 N–H and O–H groups in total. The summed E-state index contributed by atoms with van der Waals surface area (Å²) in [7, 11) is 1.56. The zero-order chi connectivity index (χ0) is 34.4. The van der Waals surface area contributed by atoms with Gasteiger partial charge in [-0.3, -0.25) is 19.2 Å². The molecule has 2 rings (SSSR count). The number of hydrogen-bond donors (Lipinski definition) is 3. The molecule has 1 aliphatic heterocycles. The van der Waals surface area contributed by atoms with Gasteiger partial charge in [-0.1, -0.05) is 83.8 Å². The van der Waals surface area contributed by atoms with Crippen molar-refractivity contribution in [3.63, 3.8) is 0 Å². The highest BCUT2D eigenvalue weighted by Crippen LogP contribution is 2.37. The monoisotopic (exact) mass is 639 g/mol. The van der Waals surface area contributed by atoms with Gasteiger partial charge in [0.25, 0.3) is 5.91 Å². The Morgan fingerprint density at radius 2 is 1.67 bits per heavy atom. The summed E-state index contributed by atoms with van der Waals surface area (Å²) >= 11 is 0. The molecule has 2 bridgehead atoms. The first-order valence-electron chi connectivity index (χ1n) is 16.8. The number of unbranched alkanes of at least 4 members (excludes halogenated alkanes) is 4. The van der Waals surface area contributed by atoms with Crippen LogP contribution in [0.5, 0.6) is 0 Å². The molecule has 0 radical (unpaired) electrons. The molecule has 0 fully saturated rings. The van der Waals surface area contributed by atoms with Crippen molar-refractivity contribution >= 4 is 23.9 Å². The topological polar surface area (TPSA) is 137 Å². The smallest absolute Gasteiger partial charge is 0.312 e. The maximum absolute atomic E-state index is 14.0. The van der Waals surface area contributed by atoms with Crippen molar-refractivity contribution in [2.75, 3.05) is 13.7 Å². The van der Waals surface area contributed by atoms with E-state index in [-0.39, 0.29) is 35.0 Å². The first-order chi connectivity index (χ1) is 21.9. The van der Waals surface area contributed by atoms with E-state index in [2.05, 4.69) is 44.6 Å². The van der Waals surface area contributed by atoms with Crippen molar-refractivity contribution in [1.29, 1.82) is 0 Å². The van der Waals surface area contributed by atoms with E-state index in [1.165, 1.54) is 6.08 Å². The lowest BCUT2D eigenvalue weighted by Crippen LogP contribution is -2.41. The van der Waals surface area contributed by atoms with E-state index >= 15 is 0 Å². The number of ether oxygens (including phenoxy) is 1. The number of amides is 1. The van der Waals surface area contributed by atoms with Crippen LogP contribution in [0.1, 0.15) is 93.4 Å². The van der Waals surface area contributed by atoms with Gasteiger partial charge in [-0.15, -0.1) is 5.48 Å². The molecule has 1 amide bonds. The fourth-order valence-electron chi connectivity index (χ4n) is 6.44. The Morgan fingerprint density at radius 3 is 2.33 bits per heavy atom. The average Bonchev–Trinajstić information content (AvgIpc) is 3.02. The number of carbonyl (C=O) groups is 4. The number of hydrogen-bond acceptors (Lipinski definition) is 8. The molecule has 0 saturated carbocycles. The van der Waals surface area contributed by atoms with Crippen molar-refractivity contribution in [1.82, 2.24) is 10.8 Å².